The van der Waals surface area contributed by atoms with E-state index in [1.807, 2.05) is 6.07 Å². The van der Waals surface area contributed by atoms with E-state index in [0.717, 1.165) is 25.7 Å². The number of amides is 1. The number of hydrogen-bond donors (Lipinski definition) is 3. The lowest BCUT2D eigenvalue weighted by atomic mass is 9.89. The largest absolute Gasteiger partial charge is 0.356 e. The molecule has 0 atom stereocenters. The maximum atomic E-state index is 13.6. The summed E-state index contributed by atoms with van der Waals surface area (Å²) in [7, 11) is 1.69. The Bertz CT molecular complexity index is 576. The van der Waals surface area contributed by atoms with Crippen LogP contribution in [0.25, 0.3) is 0 Å². The van der Waals surface area contributed by atoms with Crippen molar-refractivity contribution in [1.82, 2.24) is 16.0 Å². The number of hydrogen-bond acceptors (Lipinski definition) is 2. The molecule has 0 radical (unpaired) electrons. The molecule has 1 aliphatic rings. The minimum atomic E-state index is -0.183. The first kappa shape index (κ1) is 22.7. The van der Waals surface area contributed by atoms with Gasteiger partial charge in [0.1, 0.15) is 5.82 Å². The third-order valence-electron chi connectivity index (χ3n) is 4.56. The van der Waals surface area contributed by atoms with Crippen LogP contribution in [0, 0.1) is 11.7 Å². The molecule has 2 rings (SSSR count). The van der Waals surface area contributed by atoms with Crippen LogP contribution in [0.3, 0.4) is 0 Å². The molecule has 1 amide bonds. The summed E-state index contributed by atoms with van der Waals surface area (Å²) in [6.45, 7) is 1.77. The molecule has 7 heteroatoms. The molecule has 1 saturated carbocycles. The quantitative estimate of drug-likeness (QED) is 0.246. The molecule has 1 fully saturated rings. The van der Waals surface area contributed by atoms with Crippen LogP contribution in [0.4, 0.5) is 4.39 Å². The van der Waals surface area contributed by atoms with Gasteiger partial charge in [0, 0.05) is 32.6 Å². The van der Waals surface area contributed by atoms with Gasteiger partial charge in [-0.1, -0.05) is 37.5 Å². The summed E-state index contributed by atoms with van der Waals surface area (Å²) in [5.41, 5.74) is 0.685. The second-order valence-corrected chi connectivity index (χ2v) is 6.39. The minimum Gasteiger partial charge on any atom is -0.356 e. The van der Waals surface area contributed by atoms with Gasteiger partial charge < -0.3 is 16.0 Å². The standard InChI is InChI=1S/C19H29FN4O.HI/c1-21-19(23-12-11-15-7-5-6-10-17(15)20)24-14-13-22-18(25)16-8-3-2-4-9-16;/h5-7,10,16H,2-4,8-9,11-14H2,1H3,(H,22,25)(H2,21,23,24);1H. The van der Waals surface area contributed by atoms with E-state index in [9.17, 15) is 9.18 Å². The molecule has 0 saturated heterocycles. The third-order valence-corrected chi connectivity index (χ3v) is 4.56. The fraction of sp³-hybridized carbons (Fsp3) is 0.579. The highest BCUT2D eigenvalue weighted by Crippen LogP contribution is 2.23. The Morgan fingerprint density at radius 1 is 1.08 bits per heavy atom. The monoisotopic (exact) mass is 476 g/mol. The van der Waals surface area contributed by atoms with Crippen LogP contribution >= 0.6 is 24.0 Å². The smallest absolute Gasteiger partial charge is 0.223 e. The molecule has 0 aliphatic heterocycles. The lowest BCUT2D eigenvalue weighted by Gasteiger charge is -2.21. The molecule has 3 N–H and O–H groups in total. The van der Waals surface area contributed by atoms with Crippen molar-refractivity contribution in [3.63, 3.8) is 0 Å². The Labute approximate surface area is 172 Å². The highest BCUT2D eigenvalue weighted by Gasteiger charge is 2.20. The number of halogens is 2. The van der Waals surface area contributed by atoms with Crippen LogP contribution in [0.15, 0.2) is 29.3 Å². The summed E-state index contributed by atoms with van der Waals surface area (Å²) in [5.74, 6) is 0.830. The van der Waals surface area contributed by atoms with Crippen LogP contribution in [-0.2, 0) is 11.2 Å². The van der Waals surface area contributed by atoms with Crippen molar-refractivity contribution in [3.8, 4) is 0 Å². The van der Waals surface area contributed by atoms with Gasteiger partial charge in [-0.15, -0.1) is 24.0 Å². The highest BCUT2D eigenvalue weighted by atomic mass is 127. The lowest BCUT2D eigenvalue weighted by Crippen LogP contribution is -2.43. The van der Waals surface area contributed by atoms with Crippen molar-refractivity contribution >= 4 is 35.8 Å². The molecule has 0 spiro atoms. The van der Waals surface area contributed by atoms with Gasteiger partial charge >= 0.3 is 0 Å². The number of aliphatic imine (C=N–C) groups is 1. The fourth-order valence-corrected chi connectivity index (χ4v) is 3.11. The zero-order valence-corrected chi connectivity index (χ0v) is 17.7. The summed E-state index contributed by atoms with van der Waals surface area (Å²) in [6, 6.07) is 6.78. The van der Waals surface area contributed by atoms with Crippen molar-refractivity contribution < 1.29 is 9.18 Å². The highest BCUT2D eigenvalue weighted by molar-refractivity contribution is 14.0. The minimum absolute atomic E-state index is 0. The molecule has 1 aromatic rings. The van der Waals surface area contributed by atoms with E-state index in [2.05, 4.69) is 20.9 Å². The van der Waals surface area contributed by atoms with E-state index in [4.69, 9.17) is 0 Å². The molecule has 26 heavy (non-hydrogen) atoms. The van der Waals surface area contributed by atoms with E-state index in [1.165, 1.54) is 12.5 Å². The topological polar surface area (TPSA) is 65.5 Å². The van der Waals surface area contributed by atoms with Crippen molar-refractivity contribution in [3.05, 3.63) is 35.6 Å². The zero-order valence-electron chi connectivity index (χ0n) is 15.4. The number of nitrogens with zero attached hydrogens (tertiary/aromatic N) is 1. The van der Waals surface area contributed by atoms with Crippen LogP contribution < -0.4 is 16.0 Å². The maximum Gasteiger partial charge on any atom is 0.223 e. The Hall–Kier alpha value is -1.38. The molecule has 0 heterocycles. The van der Waals surface area contributed by atoms with Gasteiger partial charge in [-0.05, 0) is 30.9 Å². The van der Waals surface area contributed by atoms with Gasteiger partial charge in [-0.3, -0.25) is 9.79 Å². The van der Waals surface area contributed by atoms with E-state index in [1.54, 1.807) is 19.2 Å². The average Bonchev–Trinajstić information content (AvgIpc) is 2.65. The van der Waals surface area contributed by atoms with Crippen LogP contribution in [-0.4, -0.2) is 38.5 Å². The van der Waals surface area contributed by atoms with Gasteiger partial charge in [0.25, 0.3) is 0 Å². The van der Waals surface area contributed by atoms with E-state index in [0.29, 0.717) is 37.6 Å². The number of nitrogens with one attached hydrogen (secondary N) is 3. The molecule has 5 nitrogen and oxygen atoms in total. The maximum absolute atomic E-state index is 13.6. The summed E-state index contributed by atoms with van der Waals surface area (Å²) in [4.78, 5) is 16.2. The van der Waals surface area contributed by atoms with Crippen molar-refractivity contribution in [2.24, 2.45) is 10.9 Å². The van der Waals surface area contributed by atoms with Gasteiger partial charge in [0.15, 0.2) is 5.96 Å². The second kappa shape index (κ2) is 12.9. The summed E-state index contributed by atoms with van der Waals surface area (Å²) >= 11 is 0. The Balaban J connectivity index is 0.00000338. The molecule has 1 aromatic carbocycles. The molecule has 146 valence electrons. The van der Waals surface area contributed by atoms with Gasteiger partial charge in [-0.25, -0.2) is 4.39 Å². The predicted molar refractivity (Wildman–Crippen MR) is 114 cm³/mol. The second-order valence-electron chi connectivity index (χ2n) is 6.39. The normalized spacial score (nSPS) is 15.1. The Morgan fingerprint density at radius 2 is 1.73 bits per heavy atom. The van der Waals surface area contributed by atoms with Gasteiger partial charge in [-0.2, -0.15) is 0 Å². The summed E-state index contributed by atoms with van der Waals surface area (Å²) < 4.78 is 13.6. The average molecular weight is 476 g/mol. The fourth-order valence-electron chi connectivity index (χ4n) is 3.11. The zero-order chi connectivity index (χ0) is 17.9. The first-order chi connectivity index (χ1) is 12.2. The molecule has 1 aliphatic carbocycles. The van der Waals surface area contributed by atoms with Crippen LogP contribution in [0.5, 0.6) is 0 Å². The third kappa shape index (κ3) is 7.88. The molecular weight excluding hydrogens is 446 g/mol. The summed E-state index contributed by atoms with van der Waals surface area (Å²) in [5, 5.41) is 9.30. The van der Waals surface area contributed by atoms with E-state index < -0.39 is 0 Å². The lowest BCUT2D eigenvalue weighted by molar-refractivity contribution is -0.125. The van der Waals surface area contributed by atoms with Crippen molar-refractivity contribution in [1.29, 1.82) is 0 Å². The van der Waals surface area contributed by atoms with Gasteiger partial charge in [0.2, 0.25) is 5.91 Å². The first-order valence-corrected chi connectivity index (χ1v) is 9.16. The molecule has 0 aromatic heterocycles. The van der Waals surface area contributed by atoms with E-state index >= 15 is 0 Å². The number of benzene rings is 1. The molecular formula is C19H30FIN4O. The number of rotatable bonds is 7. The van der Waals surface area contributed by atoms with Crippen molar-refractivity contribution in [2.75, 3.05) is 26.7 Å². The van der Waals surface area contributed by atoms with E-state index in [-0.39, 0.29) is 41.6 Å². The SMILES string of the molecule is CN=C(NCCNC(=O)C1CCCCC1)NCCc1ccccc1F.I. The molecule has 0 bridgehead atoms. The van der Waals surface area contributed by atoms with Crippen LogP contribution in [0.2, 0.25) is 0 Å². The number of carbonyl (C=O) groups excluding carboxylic acids is 1. The molecule has 0 unspecified atom stereocenters. The predicted octanol–water partition coefficient (Wildman–Crippen LogP) is 2.85. The van der Waals surface area contributed by atoms with Crippen molar-refractivity contribution in [2.45, 2.75) is 38.5 Å². The number of carbonyl (C=O) groups is 1. The first-order valence-electron chi connectivity index (χ1n) is 9.16. The van der Waals surface area contributed by atoms with Crippen LogP contribution in [0.1, 0.15) is 37.7 Å². The Kier molecular flexibility index (Phi) is 11.2. The van der Waals surface area contributed by atoms with Gasteiger partial charge in [0.05, 0.1) is 0 Å². The Morgan fingerprint density at radius 3 is 2.42 bits per heavy atom. The summed E-state index contributed by atoms with van der Waals surface area (Å²) in [6.07, 6.45) is 6.19. The number of guanidine groups is 1.